The molecule has 0 radical (unpaired) electrons. The van der Waals surface area contributed by atoms with Gasteiger partial charge in [0.2, 0.25) is 0 Å². The zero-order valence-corrected chi connectivity index (χ0v) is 11.1. The number of methoxy groups -OCH3 is 1. The van der Waals surface area contributed by atoms with Crippen LogP contribution in [-0.2, 0) is 13.5 Å². The molecule has 0 atom stereocenters. The molecule has 3 nitrogen and oxygen atoms in total. The number of hydrogen-bond acceptors (Lipinski definition) is 2. The molecule has 3 heteroatoms. The molecule has 18 heavy (non-hydrogen) atoms. The fourth-order valence-corrected chi connectivity index (χ4v) is 2.47. The molecular weight excluding hydrogens is 224 g/mol. The van der Waals surface area contributed by atoms with Gasteiger partial charge in [0.1, 0.15) is 5.75 Å². The van der Waals surface area contributed by atoms with Crippen LogP contribution in [0.5, 0.6) is 5.75 Å². The predicted octanol–water partition coefficient (Wildman–Crippen LogP) is 2.48. The summed E-state index contributed by atoms with van der Waals surface area (Å²) in [6, 6.07) is 7.11. The molecule has 0 amide bonds. The lowest BCUT2D eigenvalue weighted by molar-refractivity contribution is 0.415. The van der Waals surface area contributed by atoms with E-state index in [1.807, 2.05) is 6.07 Å². The smallest absolute Gasteiger partial charge is 0.120 e. The second-order valence-corrected chi connectivity index (χ2v) is 5.13. The molecule has 1 saturated carbocycles. The number of fused-ring (bicyclic) bond motifs is 1. The fraction of sp³-hybridized carbons (Fsp3) is 0.467. The van der Waals surface area contributed by atoms with E-state index in [9.17, 15) is 0 Å². The maximum Gasteiger partial charge on any atom is 0.120 e. The molecule has 0 aliphatic heterocycles. The Bertz CT molecular complexity index is 555. The second-order valence-electron chi connectivity index (χ2n) is 5.13. The molecule has 1 fully saturated rings. The van der Waals surface area contributed by atoms with Gasteiger partial charge in [-0.25, -0.2) is 0 Å². The lowest BCUT2D eigenvalue weighted by Gasteiger charge is -2.03. The molecule has 1 aromatic heterocycles. The van der Waals surface area contributed by atoms with Crippen LogP contribution in [0.2, 0.25) is 0 Å². The summed E-state index contributed by atoms with van der Waals surface area (Å²) in [6.07, 6.45) is 6.04. The second kappa shape index (κ2) is 4.65. The van der Waals surface area contributed by atoms with Gasteiger partial charge < -0.3 is 14.6 Å². The van der Waals surface area contributed by atoms with Gasteiger partial charge in [-0.3, -0.25) is 0 Å². The van der Waals surface area contributed by atoms with Crippen molar-refractivity contribution in [1.82, 2.24) is 9.88 Å². The Morgan fingerprint density at radius 3 is 2.94 bits per heavy atom. The van der Waals surface area contributed by atoms with E-state index in [0.29, 0.717) is 0 Å². The van der Waals surface area contributed by atoms with Gasteiger partial charge in [0.05, 0.1) is 12.6 Å². The summed E-state index contributed by atoms with van der Waals surface area (Å²) in [7, 11) is 3.81. The molecule has 96 valence electrons. The van der Waals surface area contributed by atoms with Gasteiger partial charge in [-0.05, 0) is 43.5 Å². The summed E-state index contributed by atoms with van der Waals surface area (Å²) in [6.45, 7) is 1.08. The first-order chi connectivity index (χ1) is 8.78. The maximum absolute atomic E-state index is 5.28. The molecule has 1 aromatic carbocycles. The molecule has 3 rings (SSSR count). The van der Waals surface area contributed by atoms with Crippen LogP contribution in [0.4, 0.5) is 0 Å². The van der Waals surface area contributed by atoms with E-state index >= 15 is 0 Å². The van der Waals surface area contributed by atoms with E-state index in [1.54, 1.807) is 7.11 Å². The average molecular weight is 244 g/mol. The number of nitrogens with one attached hydrogen (secondary N) is 1. The lowest BCUT2D eigenvalue weighted by Crippen LogP contribution is -2.19. The number of aryl methyl sites for hydroxylation is 1. The van der Waals surface area contributed by atoms with Gasteiger partial charge in [-0.1, -0.05) is 0 Å². The Hall–Kier alpha value is -1.48. The standard InChI is InChI=1S/C15H20N2O/c1-17-10-11(7-8-16-12-3-4-12)14-6-5-13(18-2)9-15(14)17/h5-6,9-10,12,16H,3-4,7-8H2,1-2H3. The minimum Gasteiger partial charge on any atom is -0.497 e. The van der Waals surface area contributed by atoms with Crippen molar-refractivity contribution in [3.63, 3.8) is 0 Å². The molecule has 0 spiro atoms. The third-order valence-electron chi connectivity index (χ3n) is 3.69. The first-order valence-corrected chi connectivity index (χ1v) is 6.63. The summed E-state index contributed by atoms with van der Waals surface area (Å²) < 4.78 is 7.47. The van der Waals surface area contributed by atoms with Crippen molar-refractivity contribution in [3.8, 4) is 5.75 Å². The molecule has 1 heterocycles. The van der Waals surface area contributed by atoms with Crippen molar-refractivity contribution in [3.05, 3.63) is 30.0 Å². The minimum absolute atomic E-state index is 0.792. The van der Waals surface area contributed by atoms with Crippen molar-refractivity contribution in [2.45, 2.75) is 25.3 Å². The minimum atomic E-state index is 0.792. The largest absolute Gasteiger partial charge is 0.497 e. The normalized spacial score (nSPS) is 15.2. The highest BCUT2D eigenvalue weighted by Gasteiger charge is 2.19. The molecule has 0 bridgehead atoms. The first-order valence-electron chi connectivity index (χ1n) is 6.63. The highest BCUT2D eigenvalue weighted by atomic mass is 16.5. The van der Waals surface area contributed by atoms with Crippen LogP contribution in [0.15, 0.2) is 24.4 Å². The maximum atomic E-state index is 5.28. The van der Waals surface area contributed by atoms with Gasteiger partial charge in [0, 0.05) is 30.7 Å². The number of nitrogens with zero attached hydrogens (tertiary/aromatic N) is 1. The zero-order valence-electron chi connectivity index (χ0n) is 11.1. The summed E-state index contributed by atoms with van der Waals surface area (Å²) in [4.78, 5) is 0. The molecule has 1 N–H and O–H groups in total. The Morgan fingerprint density at radius 1 is 1.39 bits per heavy atom. The highest BCUT2D eigenvalue weighted by Crippen LogP contribution is 2.25. The van der Waals surface area contributed by atoms with E-state index in [-0.39, 0.29) is 0 Å². The zero-order chi connectivity index (χ0) is 12.5. The lowest BCUT2D eigenvalue weighted by atomic mass is 10.1. The summed E-state index contributed by atoms with van der Waals surface area (Å²) in [5.74, 6) is 0.923. The number of ether oxygens (including phenoxy) is 1. The van der Waals surface area contributed by atoms with E-state index in [2.05, 4.69) is 35.3 Å². The average Bonchev–Trinajstić information content (AvgIpc) is 3.15. The van der Waals surface area contributed by atoms with Crippen molar-refractivity contribution < 1.29 is 4.74 Å². The molecular formula is C15H20N2O. The van der Waals surface area contributed by atoms with E-state index in [1.165, 1.54) is 29.3 Å². The van der Waals surface area contributed by atoms with Crippen molar-refractivity contribution in [2.75, 3.05) is 13.7 Å². The molecule has 0 unspecified atom stereocenters. The van der Waals surface area contributed by atoms with Crippen LogP contribution in [0.3, 0.4) is 0 Å². The Morgan fingerprint density at radius 2 is 2.22 bits per heavy atom. The van der Waals surface area contributed by atoms with Crippen molar-refractivity contribution in [1.29, 1.82) is 0 Å². The van der Waals surface area contributed by atoms with Gasteiger partial charge in [0.15, 0.2) is 0 Å². The first kappa shape index (κ1) is 11.6. The van der Waals surface area contributed by atoms with Crippen LogP contribution < -0.4 is 10.1 Å². The van der Waals surface area contributed by atoms with E-state index in [0.717, 1.165) is 24.8 Å². The summed E-state index contributed by atoms with van der Waals surface area (Å²) >= 11 is 0. The van der Waals surface area contributed by atoms with Gasteiger partial charge in [0.25, 0.3) is 0 Å². The van der Waals surface area contributed by atoms with Crippen LogP contribution in [0, 0.1) is 0 Å². The number of rotatable bonds is 5. The molecule has 0 saturated heterocycles. The fourth-order valence-electron chi connectivity index (χ4n) is 2.47. The van der Waals surface area contributed by atoms with Crippen molar-refractivity contribution in [2.24, 2.45) is 7.05 Å². The molecule has 2 aromatic rings. The number of benzene rings is 1. The highest BCUT2D eigenvalue weighted by molar-refractivity contribution is 5.85. The van der Waals surface area contributed by atoms with Gasteiger partial charge in [-0.15, -0.1) is 0 Å². The van der Waals surface area contributed by atoms with Gasteiger partial charge in [-0.2, -0.15) is 0 Å². The quantitative estimate of drug-likeness (QED) is 0.874. The Kier molecular flexibility index (Phi) is 3.00. The Balaban J connectivity index is 1.82. The van der Waals surface area contributed by atoms with E-state index < -0.39 is 0 Å². The third-order valence-corrected chi connectivity index (χ3v) is 3.69. The van der Waals surface area contributed by atoms with Crippen LogP contribution >= 0.6 is 0 Å². The summed E-state index contributed by atoms with van der Waals surface area (Å²) in [5.41, 5.74) is 2.67. The Labute approximate surface area is 108 Å². The van der Waals surface area contributed by atoms with E-state index in [4.69, 9.17) is 4.74 Å². The number of hydrogen-bond donors (Lipinski definition) is 1. The van der Waals surface area contributed by atoms with Crippen molar-refractivity contribution >= 4 is 10.9 Å². The topological polar surface area (TPSA) is 26.2 Å². The SMILES string of the molecule is COc1ccc2c(CCNC3CC3)cn(C)c2c1. The van der Waals surface area contributed by atoms with Crippen LogP contribution in [-0.4, -0.2) is 24.3 Å². The van der Waals surface area contributed by atoms with Gasteiger partial charge >= 0.3 is 0 Å². The monoisotopic (exact) mass is 244 g/mol. The summed E-state index contributed by atoms with van der Waals surface area (Å²) in [5, 5.41) is 4.91. The predicted molar refractivity (Wildman–Crippen MR) is 74.2 cm³/mol. The van der Waals surface area contributed by atoms with Crippen LogP contribution in [0.1, 0.15) is 18.4 Å². The molecule has 1 aliphatic carbocycles. The number of aromatic nitrogens is 1. The van der Waals surface area contributed by atoms with Crippen LogP contribution in [0.25, 0.3) is 10.9 Å². The third kappa shape index (κ3) is 2.23. The molecule has 1 aliphatic rings.